The number of likely N-dealkylation sites (tertiary alicyclic amines) is 1. The molecule has 1 unspecified atom stereocenters. The lowest BCUT2D eigenvalue weighted by molar-refractivity contribution is -0.120. The molecule has 4 rings (SSSR count). The summed E-state index contributed by atoms with van der Waals surface area (Å²) in [6.45, 7) is 1.50. The molecule has 0 spiro atoms. The normalized spacial score (nSPS) is 18.5. The van der Waals surface area contributed by atoms with E-state index in [1.54, 1.807) is 31.4 Å². The van der Waals surface area contributed by atoms with Crippen LogP contribution in [0, 0.1) is 22.9 Å². The smallest absolute Gasteiger partial charge is 0.229 e. The first kappa shape index (κ1) is 25.2. The zero-order valence-corrected chi connectivity index (χ0v) is 20.1. The van der Waals surface area contributed by atoms with Gasteiger partial charge in [0.05, 0.1) is 24.2 Å². The average Bonchev–Trinajstić information content (AvgIpc) is 3.26. The topological polar surface area (TPSA) is 42.4 Å². The Labute approximate surface area is 207 Å². The molecule has 1 atom stereocenters. The largest absolute Gasteiger partial charge is 0.497 e. The van der Waals surface area contributed by atoms with Gasteiger partial charge in [0.1, 0.15) is 23.2 Å². The van der Waals surface area contributed by atoms with Gasteiger partial charge in [-0.3, -0.25) is 14.7 Å². The highest BCUT2D eigenvalue weighted by atomic mass is 35.5. The van der Waals surface area contributed by atoms with E-state index in [4.69, 9.17) is 16.3 Å². The number of pyridine rings is 1. The number of fused-ring (bicyclic) bond motifs is 1. The quantitative estimate of drug-likeness (QED) is 0.329. The summed E-state index contributed by atoms with van der Waals surface area (Å²) in [5.41, 5.74) is 0.385. The minimum absolute atomic E-state index is 0.0883. The fraction of sp³-hybridized carbons (Fsp3) is 0.333. The summed E-state index contributed by atoms with van der Waals surface area (Å²) in [7, 11) is 1.55. The number of hydrogen-bond acceptors (Lipinski definition) is 4. The molecule has 4 nitrogen and oxygen atoms in total. The molecule has 0 N–H and O–H groups in total. The first-order valence-corrected chi connectivity index (χ1v) is 11.8. The summed E-state index contributed by atoms with van der Waals surface area (Å²) >= 11 is 6.04. The SMILES string of the molecule is COc1ccc2ncc(F)c(CCCC3(C(=O)Cl)CCN(C/C=C/c4c(F)cccc4F)C3)c2c1. The van der Waals surface area contributed by atoms with E-state index < -0.39 is 28.1 Å². The second kappa shape index (κ2) is 10.8. The third kappa shape index (κ3) is 5.52. The molecule has 0 radical (unpaired) electrons. The van der Waals surface area contributed by atoms with E-state index in [9.17, 15) is 18.0 Å². The molecule has 1 aliphatic rings. The van der Waals surface area contributed by atoms with E-state index in [0.29, 0.717) is 67.5 Å². The number of nitrogens with zero attached hydrogens (tertiary/aromatic N) is 2. The van der Waals surface area contributed by atoms with E-state index in [-0.39, 0.29) is 5.56 Å². The summed E-state index contributed by atoms with van der Waals surface area (Å²) in [5.74, 6) is -1.02. The second-order valence-electron chi connectivity index (χ2n) is 8.90. The molecule has 3 aromatic rings. The van der Waals surface area contributed by atoms with E-state index in [1.807, 2.05) is 4.90 Å². The Balaban J connectivity index is 1.42. The number of methoxy groups -OCH3 is 1. The molecule has 8 heteroatoms. The van der Waals surface area contributed by atoms with Crippen LogP contribution in [0.15, 0.2) is 48.7 Å². The van der Waals surface area contributed by atoms with Gasteiger partial charge in [-0.15, -0.1) is 0 Å². The van der Waals surface area contributed by atoms with Crippen molar-refractivity contribution in [2.45, 2.75) is 25.7 Å². The zero-order chi connectivity index (χ0) is 25.0. The minimum Gasteiger partial charge on any atom is -0.497 e. The Kier molecular flexibility index (Phi) is 7.77. The van der Waals surface area contributed by atoms with Gasteiger partial charge in [0, 0.05) is 24.0 Å². The van der Waals surface area contributed by atoms with Crippen LogP contribution in [0.2, 0.25) is 0 Å². The molecular formula is C27H26ClF3N2O2. The molecule has 0 aliphatic carbocycles. The van der Waals surface area contributed by atoms with Gasteiger partial charge in [0.15, 0.2) is 0 Å². The molecule has 35 heavy (non-hydrogen) atoms. The van der Waals surface area contributed by atoms with Crippen LogP contribution in [0.4, 0.5) is 13.2 Å². The van der Waals surface area contributed by atoms with Crippen LogP contribution < -0.4 is 4.74 Å². The lowest BCUT2D eigenvalue weighted by Gasteiger charge is -2.25. The number of carbonyl (C=O) groups excluding carboxylic acids is 1. The molecule has 0 amide bonds. The van der Waals surface area contributed by atoms with Gasteiger partial charge in [-0.05, 0) is 79.7 Å². The minimum atomic E-state index is -0.740. The second-order valence-corrected chi connectivity index (χ2v) is 9.24. The average molecular weight is 503 g/mol. The number of hydrogen-bond donors (Lipinski definition) is 0. The van der Waals surface area contributed by atoms with Crippen LogP contribution in [0.5, 0.6) is 5.75 Å². The molecule has 2 aromatic carbocycles. The fourth-order valence-corrected chi connectivity index (χ4v) is 5.00. The lowest BCUT2D eigenvalue weighted by Crippen LogP contribution is -2.32. The summed E-state index contributed by atoms with van der Waals surface area (Å²) in [4.78, 5) is 18.6. The Bertz CT molecular complexity index is 1250. The van der Waals surface area contributed by atoms with Crippen LogP contribution in [-0.2, 0) is 11.2 Å². The maximum absolute atomic E-state index is 14.6. The van der Waals surface area contributed by atoms with Crippen LogP contribution in [0.1, 0.15) is 30.4 Å². The number of halogens is 4. The van der Waals surface area contributed by atoms with Crippen molar-refractivity contribution >= 4 is 33.8 Å². The van der Waals surface area contributed by atoms with Crippen LogP contribution in [-0.4, -0.2) is 41.9 Å². The predicted octanol–water partition coefficient (Wildman–Crippen LogP) is 6.15. The Morgan fingerprint density at radius 3 is 2.69 bits per heavy atom. The third-order valence-electron chi connectivity index (χ3n) is 6.71. The predicted molar refractivity (Wildman–Crippen MR) is 131 cm³/mol. The number of ether oxygens (including phenoxy) is 1. The maximum Gasteiger partial charge on any atom is 0.229 e. The molecule has 1 fully saturated rings. The van der Waals surface area contributed by atoms with Gasteiger partial charge in [-0.2, -0.15) is 0 Å². The highest BCUT2D eigenvalue weighted by Gasteiger charge is 2.42. The van der Waals surface area contributed by atoms with E-state index >= 15 is 0 Å². The van der Waals surface area contributed by atoms with Gasteiger partial charge in [-0.1, -0.05) is 18.2 Å². The van der Waals surface area contributed by atoms with Crippen molar-refractivity contribution in [2.75, 3.05) is 26.7 Å². The number of carbonyl (C=O) groups is 1. The zero-order valence-electron chi connectivity index (χ0n) is 19.4. The number of aryl methyl sites for hydroxylation is 1. The van der Waals surface area contributed by atoms with Crippen molar-refractivity contribution in [1.29, 1.82) is 0 Å². The maximum atomic E-state index is 14.6. The van der Waals surface area contributed by atoms with Crippen LogP contribution in [0.3, 0.4) is 0 Å². The van der Waals surface area contributed by atoms with Gasteiger partial charge in [0.25, 0.3) is 0 Å². The number of aromatic nitrogens is 1. The summed E-state index contributed by atoms with van der Waals surface area (Å²) in [5, 5.41) is 0.278. The molecule has 1 aromatic heterocycles. The molecule has 1 saturated heterocycles. The van der Waals surface area contributed by atoms with Crippen LogP contribution >= 0.6 is 11.6 Å². The summed E-state index contributed by atoms with van der Waals surface area (Å²) in [6.07, 6.45) is 6.39. The third-order valence-corrected chi connectivity index (χ3v) is 7.11. The highest BCUT2D eigenvalue weighted by Crippen LogP contribution is 2.38. The van der Waals surface area contributed by atoms with Gasteiger partial charge in [0.2, 0.25) is 5.24 Å². The molecule has 0 saturated carbocycles. The monoisotopic (exact) mass is 502 g/mol. The van der Waals surface area contributed by atoms with Gasteiger partial charge < -0.3 is 4.74 Å². The van der Waals surface area contributed by atoms with Crippen molar-refractivity contribution in [3.63, 3.8) is 0 Å². The number of rotatable bonds is 9. The molecular weight excluding hydrogens is 477 g/mol. The van der Waals surface area contributed by atoms with Gasteiger partial charge in [-0.25, -0.2) is 13.2 Å². The number of benzene rings is 2. The molecule has 0 bridgehead atoms. The molecule has 1 aliphatic heterocycles. The van der Waals surface area contributed by atoms with Crippen molar-refractivity contribution in [3.8, 4) is 5.75 Å². The molecule has 184 valence electrons. The van der Waals surface area contributed by atoms with Crippen molar-refractivity contribution in [3.05, 3.63) is 77.2 Å². The van der Waals surface area contributed by atoms with Crippen LogP contribution in [0.25, 0.3) is 17.0 Å². The lowest BCUT2D eigenvalue weighted by atomic mass is 9.82. The standard InChI is InChI=1S/C27H26ClF3N2O2/c1-35-18-9-10-25-21(15-18)19(24(31)16-32-25)5-3-11-27(26(28)34)12-14-33(17-27)13-4-6-20-22(29)7-2-8-23(20)30/h2,4,6-10,15-16H,3,5,11-14,17H2,1H3/b6-4+. The van der Waals surface area contributed by atoms with Crippen molar-refractivity contribution in [1.82, 2.24) is 9.88 Å². The Morgan fingerprint density at radius 1 is 1.20 bits per heavy atom. The summed E-state index contributed by atoms with van der Waals surface area (Å²) < 4.78 is 47.6. The van der Waals surface area contributed by atoms with E-state index in [2.05, 4.69) is 4.98 Å². The first-order chi connectivity index (χ1) is 16.8. The Hall–Kier alpha value is -2.90. The van der Waals surface area contributed by atoms with E-state index in [0.717, 1.165) is 0 Å². The van der Waals surface area contributed by atoms with Crippen molar-refractivity contribution in [2.24, 2.45) is 5.41 Å². The van der Waals surface area contributed by atoms with Gasteiger partial charge >= 0.3 is 0 Å². The van der Waals surface area contributed by atoms with Crippen molar-refractivity contribution < 1.29 is 22.7 Å². The fourth-order valence-electron chi connectivity index (χ4n) is 4.75. The first-order valence-electron chi connectivity index (χ1n) is 11.5. The highest BCUT2D eigenvalue weighted by molar-refractivity contribution is 6.64. The molecule has 2 heterocycles. The Morgan fingerprint density at radius 2 is 1.97 bits per heavy atom. The summed E-state index contributed by atoms with van der Waals surface area (Å²) in [6, 6.07) is 9.07. The van der Waals surface area contributed by atoms with E-state index in [1.165, 1.54) is 30.5 Å².